The van der Waals surface area contributed by atoms with Crippen LogP contribution in [0.2, 0.25) is 0 Å². The molecule has 0 atom stereocenters. The Bertz CT molecular complexity index is 753. The molecule has 0 aliphatic rings. The third-order valence-corrected chi connectivity index (χ3v) is 2.78. The molecule has 0 aliphatic heterocycles. The van der Waals surface area contributed by atoms with E-state index in [1.165, 1.54) is 0 Å². The molecule has 1 heterocycles. The number of alkyl halides is 6. The van der Waals surface area contributed by atoms with E-state index in [9.17, 15) is 31.1 Å². The Kier molecular flexibility index (Phi) is 4.41. The van der Waals surface area contributed by atoms with Gasteiger partial charge in [0, 0.05) is 5.56 Å². The molecule has 24 heavy (non-hydrogen) atoms. The molecule has 1 aromatic heterocycles. The number of hydrogen-bond donors (Lipinski definition) is 1. The van der Waals surface area contributed by atoms with Crippen molar-refractivity contribution in [1.29, 1.82) is 0 Å². The third kappa shape index (κ3) is 4.15. The van der Waals surface area contributed by atoms with Crippen LogP contribution < -0.4 is 4.74 Å². The highest BCUT2D eigenvalue weighted by Gasteiger charge is 2.34. The number of aromatic nitrogens is 1. The van der Waals surface area contributed by atoms with E-state index in [4.69, 9.17) is 5.11 Å². The lowest BCUT2D eigenvalue weighted by Gasteiger charge is -2.12. The Labute approximate surface area is 130 Å². The van der Waals surface area contributed by atoms with E-state index in [1.807, 2.05) is 0 Å². The van der Waals surface area contributed by atoms with Crippen molar-refractivity contribution in [2.45, 2.75) is 12.5 Å². The smallest absolute Gasteiger partial charge is 0.478 e. The van der Waals surface area contributed by atoms with Crippen molar-refractivity contribution in [3.05, 3.63) is 47.7 Å². The monoisotopic (exact) mass is 351 g/mol. The van der Waals surface area contributed by atoms with Crippen LogP contribution in [-0.2, 0) is 6.18 Å². The fraction of sp³-hybridized carbons (Fsp3) is 0.143. The zero-order valence-corrected chi connectivity index (χ0v) is 11.4. The number of carbonyl (C=O) groups is 1. The minimum absolute atomic E-state index is 0.104. The number of nitrogens with zero attached hydrogens (tertiary/aromatic N) is 1. The van der Waals surface area contributed by atoms with Crippen molar-refractivity contribution in [3.8, 4) is 17.0 Å². The fourth-order valence-electron chi connectivity index (χ4n) is 1.82. The van der Waals surface area contributed by atoms with Gasteiger partial charge in [-0.15, -0.1) is 13.2 Å². The zero-order chi connectivity index (χ0) is 18.1. The topological polar surface area (TPSA) is 59.4 Å². The lowest BCUT2D eigenvalue weighted by Crippen LogP contribution is -2.17. The van der Waals surface area contributed by atoms with Crippen LogP contribution in [0.1, 0.15) is 16.1 Å². The van der Waals surface area contributed by atoms with Crippen molar-refractivity contribution >= 4 is 5.97 Å². The van der Waals surface area contributed by atoms with Gasteiger partial charge >= 0.3 is 18.5 Å². The molecule has 0 spiro atoms. The molecule has 1 N–H and O–H groups in total. The molecule has 2 aromatic rings. The van der Waals surface area contributed by atoms with Crippen molar-refractivity contribution < 1.29 is 41.0 Å². The number of aromatic carboxylic acids is 1. The molecule has 0 unspecified atom stereocenters. The highest BCUT2D eigenvalue weighted by molar-refractivity contribution is 5.94. The molecule has 4 nitrogen and oxygen atoms in total. The largest absolute Gasteiger partial charge is 0.573 e. The van der Waals surface area contributed by atoms with Gasteiger partial charge in [-0.2, -0.15) is 13.2 Å². The van der Waals surface area contributed by atoms with Gasteiger partial charge in [0.15, 0.2) is 0 Å². The number of ether oxygens (including phenoxy) is 1. The van der Waals surface area contributed by atoms with Crippen molar-refractivity contribution in [2.75, 3.05) is 0 Å². The summed E-state index contributed by atoms with van der Waals surface area (Å²) in [5.41, 5.74) is -2.46. The molecule has 10 heteroatoms. The van der Waals surface area contributed by atoms with E-state index < -0.39 is 41.2 Å². The van der Waals surface area contributed by atoms with Crippen LogP contribution in [0.25, 0.3) is 11.3 Å². The van der Waals surface area contributed by atoms with Crippen LogP contribution in [0.4, 0.5) is 26.3 Å². The van der Waals surface area contributed by atoms with Crippen LogP contribution in [0.5, 0.6) is 5.75 Å². The van der Waals surface area contributed by atoms with Gasteiger partial charge in [0.2, 0.25) is 0 Å². The quantitative estimate of drug-likeness (QED) is 0.835. The summed E-state index contributed by atoms with van der Waals surface area (Å²) in [4.78, 5) is 14.4. The first kappa shape index (κ1) is 17.6. The Morgan fingerprint density at radius 3 is 2.00 bits per heavy atom. The standard InChI is InChI=1S/C14H7F6NO3/c15-13(16,17)10-6-5-9(12(22)23)11(21-10)7-1-3-8(4-2-7)24-14(18,19)20/h1-6H,(H,22,23). The lowest BCUT2D eigenvalue weighted by molar-refractivity contribution is -0.274. The predicted molar refractivity (Wildman–Crippen MR) is 68.3 cm³/mol. The minimum atomic E-state index is -4.93. The molecule has 0 fully saturated rings. The predicted octanol–water partition coefficient (Wildman–Crippen LogP) is 4.36. The van der Waals surface area contributed by atoms with Gasteiger partial charge in [0.05, 0.1) is 11.3 Å². The summed E-state index contributed by atoms with van der Waals surface area (Å²) in [7, 11) is 0. The van der Waals surface area contributed by atoms with E-state index in [0.29, 0.717) is 6.07 Å². The van der Waals surface area contributed by atoms with Crippen molar-refractivity contribution in [3.63, 3.8) is 0 Å². The highest BCUT2D eigenvalue weighted by atomic mass is 19.4. The molecular weight excluding hydrogens is 344 g/mol. The van der Waals surface area contributed by atoms with E-state index in [-0.39, 0.29) is 5.56 Å². The van der Waals surface area contributed by atoms with Gasteiger partial charge < -0.3 is 9.84 Å². The first-order valence-corrected chi connectivity index (χ1v) is 6.15. The summed E-state index contributed by atoms with van der Waals surface area (Å²) < 4.78 is 78.0. The molecule has 0 saturated heterocycles. The molecule has 0 radical (unpaired) electrons. The maximum Gasteiger partial charge on any atom is 0.573 e. The van der Waals surface area contributed by atoms with Gasteiger partial charge in [-0.25, -0.2) is 9.78 Å². The Morgan fingerprint density at radius 2 is 1.54 bits per heavy atom. The van der Waals surface area contributed by atoms with Crippen LogP contribution in [0.3, 0.4) is 0 Å². The van der Waals surface area contributed by atoms with Crippen LogP contribution in [0.15, 0.2) is 36.4 Å². The zero-order valence-electron chi connectivity index (χ0n) is 11.4. The van der Waals surface area contributed by atoms with E-state index in [1.54, 1.807) is 0 Å². The van der Waals surface area contributed by atoms with Crippen molar-refractivity contribution in [1.82, 2.24) is 4.98 Å². The average Bonchev–Trinajstić information content (AvgIpc) is 2.44. The number of pyridine rings is 1. The molecule has 2 rings (SSSR count). The first-order valence-electron chi connectivity index (χ1n) is 6.15. The number of halogens is 6. The third-order valence-electron chi connectivity index (χ3n) is 2.78. The van der Waals surface area contributed by atoms with Crippen LogP contribution >= 0.6 is 0 Å². The van der Waals surface area contributed by atoms with Gasteiger partial charge in [0.25, 0.3) is 0 Å². The number of carboxylic acids is 1. The first-order chi connectivity index (χ1) is 11.0. The number of benzene rings is 1. The van der Waals surface area contributed by atoms with Gasteiger partial charge in [-0.3, -0.25) is 0 Å². The van der Waals surface area contributed by atoms with E-state index in [0.717, 1.165) is 30.3 Å². The second-order valence-corrected chi connectivity index (χ2v) is 4.47. The van der Waals surface area contributed by atoms with Crippen LogP contribution in [-0.4, -0.2) is 22.4 Å². The molecule has 0 amide bonds. The van der Waals surface area contributed by atoms with Gasteiger partial charge in [-0.05, 0) is 36.4 Å². The molecule has 1 aromatic carbocycles. The summed E-state index contributed by atoms with van der Waals surface area (Å²) in [6.45, 7) is 0. The summed E-state index contributed by atoms with van der Waals surface area (Å²) in [6, 6.07) is 4.89. The van der Waals surface area contributed by atoms with E-state index in [2.05, 4.69) is 9.72 Å². The summed E-state index contributed by atoms with van der Waals surface area (Å²) in [5.74, 6) is -2.13. The molecule has 0 bridgehead atoms. The maximum atomic E-state index is 12.7. The summed E-state index contributed by atoms with van der Waals surface area (Å²) >= 11 is 0. The summed E-state index contributed by atoms with van der Waals surface area (Å²) in [6.07, 6.45) is -9.73. The number of carboxylic acid groups (broad SMARTS) is 1. The highest BCUT2D eigenvalue weighted by Crippen LogP contribution is 2.32. The number of rotatable bonds is 3. The van der Waals surface area contributed by atoms with Crippen molar-refractivity contribution in [2.24, 2.45) is 0 Å². The average molecular weight is 351 g/mol. The minimum Gasteiger partial charge on any atom is -0.478 e. The van der Waals surface area contributed by atoms with Crippen LogP contribution in [0, 0.1) is 0 Å². The molecule has 128 valence electrons. The van der Waals surface area contributed by atoms with Gasteiger partial charge in [0.1, 0.15) is 11.4 Å². The lowest BCUT2D eigenvalue weighted by atomic mass is 10.0. The Balaban J connectivity index is 2.48. The van der Waals surface area contributed by atoms with E-state index >= 15 is 0 Å². The second-order valence-electron chi connectivity index (χ2n) is 4.47. The normalized spacial score (nSPS) is 12.1. The number of hydrogen-bond acceptors (Lipinski definition) is 3. The molecule has 0 saturated carbocycles. The second kappa shape index (κ2) is 6.02. The fourth-order valence-corrected chi connectivity index (χ4v) is 1.82. The Hall–Kier alpha value is -2.78. The Morgan fingerprint density at radius 1 is 0.958 bits per heavy atom. The summed E-state index contributed by atoms with van der Waals surface area (Å²) in [5, 5.41) is 9.03. The maximum absolute atomic E-state index is 12.7. The SMILES string of the molecule is O=C(O)c1ccc(C(F)(F)F)nc1-c1ccc(OC(F)(F)F)cc1. The molecule has 0 aliphatic carbocycles. The van der Waals surface area contributed by atoms with Gasteiger partial charge in [-0.1, -0.05) is 0 Å². The molecular formula is C14H7F6NO3.